The van der Waals surface area contributed by atoms with E-state index in [2.05, 4.69) is 15.9 Å². The lowest BCUT2D eigenvalue weighted by molar-refractivity contribution is -0.133. The lowest BCUT2D eigenvalue weighted by Crippen LogP contribution is -1.99. The van der Waals surface area contributed by atoms with Gasteiger partial charge in [0.05, 0.1) is 5.75 Å². The van der Waals surface area contributed by atoms with Crippen LogP contribution >= 0.6 is 26.8 Å². The van der Waals surface area contributed by atoms with Crippen molar-refractivity contribution in [3.63, 3.8) is 0 Å². The van der Waals surface area contributed by atoms with Crippen LogP contribution in [0.2, 0.25) is 0 Å². The van der Waals surface area contributed by atoms with Crippen LogP contribution in [0, 0.1) is 0 Å². The maximum absolute atomic E-state index is 10.2. The molecule has 1 aliphatic rings. The molecule has 1 aliphatic heterocycles. The monoisotopic (exact) mass is 222 g/mol. The van der Waals surface area contributed by atoms with E-state index in [1.54, 1.807) is 0 Å². The summed E-state index contributed by atoms with van der Waals surface area (Å²) < 4.78 is 1.000. The molecular formula is C6H7BrO2S. The van der Waals surface area contributed by atoms with Gasteiger partial charge in [-0.15, -0.1) is 0 Å². The Morgan fingerprint density at radius 1 is 1.80 bits per heavy atom. The van der Waals surface area contributed by atoms with E-state index in [9.17, 15) is 4.79 Å². The number of carbonyl (C=O) groups is 1. The van der Waals surface area contributed by atoms with Gasteiger partial charge in [0.1, 0.15) is 0 Å². The highest BCUT2D eigenvalue weighted by Gasteiger charge is 2.07. The zero-order chi connectivity index (χ0) is 7.56. The summed E-state index contributed by atoms with van der Waals surface area (Å²) in [5, 5.41) is 12.3. The van der Waals surface area contributed by atoms with Crippen molar-refractivity contribution in [1.29, 1.82) is 0 Å². The van der Waals surface area contributed by atoms with E-state index in [0.29, 0.717) is 0 Å². The smallest absolute Gasteiger partial charge is 0.312 e. The topological polar surface area (TPSA) is 37.3 Å². The van der Waals surface area contributed by atoms with Crippen molar-refractivity contribution in [2.24, 2.45) is 0 Å². The highest BCUT2D eigenvalue weighted by molar-refractivity contribution is 9.12. The lowest BCUT2D eigenvalue weighted by Gasteiger charge is -2.03. The predicted octanol–water partition coefficient (Wildman–Crippen LogP) is 1.84. The standard InChI is InChI=1S/C6H7BrO2S/c7-5-1-2-10(3-5)4-6(8)9/h1-3,10H,4H2,(H,8,9). The van der Waals surface area contributed by atoms with Crippen molar-refractivity contribution < 1.29 is 9.90 Å². The Balaban J connectivity index is 2.47. The van der Waals surface area contributed by atoms with Gasteiger partial charge in [-0.2, -0.15) is 0 Å². The van der Waals surface area contributed by atoms with Crippen LogP contribution in [0.4, 0.5) is 0 Å². The first-order chi connectivity index (χ1) is 4.68. The summed E-state index contributed by atoms with van der Waals surface area (Å²) in [6.45, 7) is 0. The molecule has 0 saturated heterocycles. The number of hydrogen-bond donors (Lipinski definition) is 2. The molecule has 10 heavy (non-hydrogen) atoms. The van der Waals surface area contributed by atoms with Crippen LogP contribution < -0.4 is 0 Å². The minimum Gasteiger partial charge on any atom is -0.481 e. The van der Waals surface area contributed by atoms with Crippen LogP contribution in [0.5, 0.6) is 0 Å². The molecule has 0 radical (unpaired) electrons. The van der Waals surface area contributed by atoms with Gasteiger partial charge >= 0.3 is 5.97 Å². The van der Waals surface area contributed by atoms with Crippen molar-refractivity contribution >= 4 is 32.8 Å². The van der Waals surface area contributed by atoms with Crippen LogP contribution in [-0.2, 0) is 4.79 Å². The Labute approximate surface area is 70.1 Å². The second-order valence-corrected chi connectivity index (χ2v) is 4.71. The fraction of sp³-hybridized carbons (Fsp3) is 0.167. The van der Waals surface area contributed by atoms with Crippen LogP contribution in [0.25, 0.3) is 0 Å². The first-order valence-electron chi connectivity index (χ1n) is 2.71. The molecule has 0 amide bonds. The molecule has 1 N–H and O–H groups in total. The summed E-state index contributed by atoms with van der Waals surface area (Å²) in [5.41, 5.74) is 0. The number of halogens is 1. The van der Waals surface area contributed by atoms with Crippen molar-refractivity contribution in [2.45, 2.75) is 0 Å². The number of allylic oxidation sites excluding steroid dienone is 2. The normalized spacial score (nSPS) is 26.5. The molecule has 1 atom stereocenters. The Hall–Kier alpha value is -0.220. The highest BCUT2D eigenvalue weighted by Crippen LogP contribution is 2.37. The number of carboxylic acids is 1. The van der Waals surface area contributed by atoms with Gasteiger partial charge < -0.3 is 5.11 Å². The van der Waals surface area contributed by atoms with E-state index >= 15 is 0 Å². The zero-order valence-corrected chi connectivity index (χ0v) is 7.60. The third kappa shape index (κ3) is 2.19. The number of thiol groups is 1. The first kappa shape index (κ1) is 7.88. The van der Waals surface area contributed by atoms with Crippen LogP contribution in [0.3, 0.4) is 0 Å². The molecule has 0 spiro atoms. The Kier molecular flexibility index (Phi) is 2.56. The van der Waals surface area contributed by atoms with E-state index < -0.39 is 16.9 Å². The van der Waals surface area contributed by atoms with E-state index in [-0.39, 0.29) is 5.75 Å². The van der Waals surface area contributed by atoms with Gasteiger partial charge in [0.2, 0.25) is 0 Å². The average Bonchev–Trinajstić information content (AvgIpc) is 2.13. The Bertz CT molecular complexity index is 210. The Morgan fingerprint density at radius 2 is 2.50 bits per heavy atom. The molecule has 1 unspecified atom stereocenters. The molecule has 56 valence electrons. The second kappa shape index (κ2) is 3.25. The zero-order valence-electron chi connectivity index (χ0n) is 5.12. The number of hydrogen-bond acceptors (Lipinski definition) is 1. The van der Waals surface area contributed by atoms with Crippen molar-refractivity contribution in [3.8, 4) is 0 Å². The van der Waals surface area contributed by atoms with E-state index in [4.69, 9.17) is 5.11 Å². The molecule has 4 heteroatoms. The summed E-state index contributed by atoms with van der Waals surface area (Å²) >= 11 is 3.27. The minimum absolute atomic E-state index is 0.251. The predicted molar refractivity (Wildman–Crippen MR) is 47.6 cm³/mol. The van der Waals surface area contributed by atoms with Crippen molar-refractivity contribution in [1.82, 2.24) is 0 Å². The molecule has 0 aliphatic carbocycles. The van der Waals surface area contributed by atoms with E-state index in [0.717, 1.165) is 4.48 Å². The molecule has 0 aromatic rings. The van der Waals surface area contributed by atoms with Crippen LogP contribution in [0.15, 0.2) is 21.4 Å². The van der Waals surface area contributed by atoms with Gasteiger partial charge in [-0.25, -0.2) is 10.9 Å². The average molecular weight is 223 g/mol. The van der Waals surface area contributed by atoms with Gasteiger partial charge in [-0.05, 0) is 16.9 Å². The molecule has 0 saturated carbocycles. The number of carboxylic acid groups (broad SMARTS) is 1. The molecule has 0 bridgehead atoms. The van der Waals surface area contributed by atoms with E-state index in [1.807, 2.05) is 16.9 Å². The maximum atomic E-state index is 10.2. The summed E-state index contributed by atoms with van der Waals surface area (Å²) in [7, 11) is -0.513. The second-order valence-electron chi connectivity index (χ2n) is 1.90. The minimum atomic E-state index is -0.728. The quantitative estimate of drug-likeness (QED) is 0.701. The van der Waals surface area contributed by atoms with Gasteiger partial charge in [0.15, 0.2) is 0 Å². The first-order valence-corrected chi connectivity index (χ1v) is 5.17. The largest absolute Gasteiger partial charge is 0.481 e. The third-order valence-corrected chi connectivity index (χ3v) is 3.66. The van der Waals surface area contributed by atoms with Crippen LogP contribution in [-0.4, -0.2) is 16.8 Å². The molecule has 1 rings (SSSR count). The van der Waals surface area contributed by atoms with Crippen molar-refractivity contribution in [2.75, 3.05) is 5.75 Å². The third-order valence-electron chi connectivity index (χ3n) is 1.03. The van der Waals surface area contributed by atoms with Crippen molar-refractivity contribution in [3.05, 3.63) is 21.4 Å². The summed E-state index contributed by atoms with van der Waals surface area (Å²) in [6, 6.07) is 0. The summed E-state index contributed by atoms with van der Waals surface area (Å²) in [4.78, 5) is 10.2. The SMILES string of the molecule is O=C(O)C[SH]1C=CC(Br)=C1. The number of aliphatic carboxylic acids is 1. The molecule has 0 aromatic heterocycles. The van der Waals surface area contributed by atoms with Gasteiger partial charge in [-0.1, -0.05) is 15.9 Å². The fourth-order valence-electron chi connectivity index (χ4n) is 0.666. The van der Waals surface area contributed by atoms with Gasteiger partial charge in [0.25, 0.3) is 0 Å². The molecule has 1 heterocycles. The molecule has 2 nitrogen and oxygen atoms in total. The number of rotatable bonds is 2. The highest BCUT2D eigenvalue weighted by atomic mass is 79.9. The summed E-state index contributed by atoms with van der Waals surface area (Å²) in [5.74, 6) is -0.477. The van der Waals surface area contributed by atoms with E-state index in [1.165, 1.54) is 0 Å². The fourth-order valence-corrected chi connectivity index (χ4v) is 3.14. The maximum Gasteiger partial charge on any atom is 0.312 e. The lowest BCUT2D eigenvalue weighted by atomic mass is 10.6. The van der Waals surface area contributed by atoms with Crippen LogP contribution in [0.1, 0.15) is 0 Å². The van der Waals surface area contributed by atoms with Gasteiger partial charge in [-0.3, -0.25) is 4.79 Å². The Morgan fingerprint density at radius 3 is 2.90 bits per heavy atom. The molecule has 0 fully saturated rings. The van der Waals surface area contributed by atoms with Gasteiger partial charge in [0, 0.05) is 4.48 Å². The molecular weight excluding hydrogens is 216 g/mol. The summed E-state index contributed by atoms with van der Waals surface area (Å²) in [6.07, 6.45) is 1.90. The molecule has 0 aromatic carbocycles.